The predicted molar refractivity (Wildman–Crippen MR) is 71.1 cm³/mol. The van der Waals surface area contributed by atoms with Gasteiger partial charge in [-0.15, -0.1) is 0 Å². The molecular formula is C13H12F2N2O2S. The van der Waals surface area contributed by atoms with Crippen LogP contribution in [-0.4, -0.2) is 26.6 Å². The molecule has 0 bridgehead atoms. The molecule has 0 fully saturated rings. The first kappa shape index (κ1) is 14.5. The van der Waals surface area contributed by atoms with Crippen molar-refractivity contribution in [1.29, 1.82) is 0 Å². The number of rotatable bonds is 6. The molecule has 0 aliphatic heterocycles. The number of aromatic nitrogens is 2. The molecule has 0 aliphatic carbocycles. The highest BCUT2D eigenvalue weighted by Gasteiger charge is 2.16. The second kappa shape index (κ2) is 6.51. The molecule has 0 saturated carbocycles. The van der Waals surface area contributed by atoms with E-state index in [-0.39, 0.29) is 11.4 Å². The lowest BCUT2D eigenvalue weighted by molar-refractivity contribution is -0.133. The first-order chi connectivity index (χ1) is 9.56. The van der Waals surface area contributed by atoms with Gasteiger partial charge in [-0.25, -0.2) is 8.78 Å². The number of benzene rings is 1. The van der Waals surface area contributed by atoms with Crippen LogP contribution in [0.2, 0.25) is 0 Å². The minimum absolute atomic E-state index is 0.191. The Morgan fingerprint density at radius 2 is 2.05 bits per heavy atom. The van der Waals surface area contributed by atoms with Gasteiger partial charge in [0.25, 0.3) is 6.43 Å². The van der Waals surface area contributed by atoms with Gasteiger partial charge in [0.1, 0.15) is 5.69 Å². The zero-order valence-corrected chi connectivity index (χ0v) is 11.2. The summed E-state index contributed by atoms with van der Waals surface area (Å²) in [4.78, 5) is 10.6. The van der Waals surface area contributed by atoms with Crippen LogP contribution in [0, 0.1) is 0 Å². The quantitative estimate of drug-likeness (QED) is 0.833. The van der Waals surface area contributed by atoms with Gasteiger partial charge < -0.3 is 5.11 Å². The maximum absolute atomic E-state index is 12.7. The van der Waals surface area contributed by atoms with Crippen molar-refractivity contribution in [2.75, 3.05) is 5.75 Å². The van der Waals surface area contributed by atoms with Crippen molar-refractivity contribution in [3.8, 4) is 0 Å². The third kappa shape index (κ3) is 3.80. The van der Waals surface area contributed by atoms with E-state index in [2.05, 4.69) is 5.10 Å². The average molecular weight is 298 g/mol. The van der Waals surface area contributed by atoms with E-state index in [9.17, 15) is 13.6 Å². The first-order valence-electron chi connectivity index (χ1n) is 5.80. The zero-order valence-electron chi connectivity index (χ0n) is 10.4. The predicted octanol–water partition coefficient (Wildman–Crippen LogP) is 3.05. The van der Waals surface area contributed by atoms with E-state index in [1.165, 1.54) is 10.7 Å². The van der Waals surface area contributed by atoms with Gasteiger partial charge in [0.15, 0.2) is 0 Å². The van der Waals surface area contributed by atoms with E-state index < -0.39 is 12.4 Å². The van der Waals surface area contributed by atoms with Crippen molar-refractivity contribution in [3.05, 3.63) is 47.7 Å². The van der Waals surface area contributed by atoms with Gasteiger partial charge in [0.2, 0.25) is 0 Å². The van der Waals surface area contributed by atoms with Crippen LogP contribution in [-0.2, 0) is 11.3 Å². The molecule has 1 heterocycles. The summed E-state index contributed by atoms with van der Waals surface area (Å²) in [7, 11) is 0. The SMILES string of the molecule is O=C(O)CSc1cc(C(F)F)nn1Cc1ccccc1. The molecular weight excluding hydrogens is 286 g/mol. The van der Waals surface area contributed by atoms with Crippen LogP contribution in [0.5, 0.6) is 0 Å². The van der Waals surface area contributed by atoms with Gasteiger partial charge in [-0.3, -0.25) is 9.48 Å². The summed E-state index contributed by atoms with van der Waals surface area (Å²) in [6, 6.07) is 10.5. The Hall–Kier alpha value is -1.89. The highest BCUT2D eigenvalue weighted by molar-refractivity contribution is 7.99. The van der Waals surface area contributed by atoms with E-state index in [4.69, 9.17) is 5.11 Å². The van der Waals surface area contributed by atoms with Crippen molar-refractivity contribution >= 4 is 17.7 Å². The number of thioether (sulfide) groups is 1. The molecule has 1 aromatic heterocycles. The molecule has 0 unspecified atom stereocenters. The second-order valence-electron chi connectivity index (χ2n) is 4.03. The summed E-state index contributed by atoms with van der Waals surface area (Å²) in [5, 5.41) is 12.9. The molecule has 0 atom stereocenters. The Morgan fingerprint density at radius 1 is 1.35 bits per heavy atom. The third-order valence-corrected chi connectivity index (χ3v) is 3.52. The van der Waals surface area contributed by atoms with Crippen molar-refractivity contribution < 1.29 is 18.7 Å². The molecule has 0 radical (unpaired) electrons. The Balaban J connectivity index is 2.22. The first-order valence-corrected chi connectivity index (χ1v) is 6.79. The average Bonchev–Trinajstić information content (AvgIpc) is 2.81. The second-order valence-corrected chi connectivity index (χ2v) is 5.03. The minimum Gasteiger partial charge on any atom is -0.481 e. The molecule has 0 amide bonds. The minimum atomic E-state index is -2.67. The van der Waals surface area contributed by atoms with Crippen molar-refractivity contribution in [3.63, 3.8) is 0 Å². The van der Waals surface area contributed by atoms with Crippen LogP contribution in [0.1, 0.15) is 17.7 Å². The van der Waals surface area contributed by atoms with Crippen LogP contribution in [0.25, 0.3) is 0 Å². The van der Waals surface area contributed by atoms with Crippen molar-refractivity contribution in [2.24, 2.45) is 0 Å². The number of nitrogens with zero attached hydrogens (tertiary/aromatic N) is 2. The third-order valence-electron chi connectivity index (χ3n) is 2.50. The monoisotopic (exact) mass is 298 g/mol. The molecule has 0 saturated heterocycles. The molecule has 2 rings (SSSR count). The Kier molecular flexibility index (Phi) is 4.73. The molecule has 4 nitrogen and oxygen atoms in total. The number of carboxylic acid groups (broad SMARTS) is 1. The smallest absolute Gasteiger partial charge is 0.313 e. The van der Waals surface area contributed by atoms with Crippen molar-refractivity contribution in [1.82, 2.24) is 9.78 Å². The van der Waals surface area contributed by atoms with Gasteiger partial charge in [0.05, 0.1) is 17.3 Å². The lowest BCUT2D eigenvalue weighted by Crippen LogP contribution is -2.05. The van der Waals surface area contributed by atoms with E-state index in [1.807, 2.05) is 30.3 Å². The van der Waals surface area contributed by atoms with Gasteiger partial charge in [0, 0.05) is 0 Å². The van der Waals surface area contributed by atoms with E-state index in [1.54, 1.807) is 0 Å². The van der Waals surface area contributed by atoms with E-state index in [0.717, 1.165) is 17.3 Å². The summed E-state index contributed by atoms with van der Waals surface area (Å²) in [5.41, 5.74) is 0.572. The fourth-order valence-corrected chi connectivity index (χ4v) is 2.38. The van der Waals surface area contributed by atoms with Crippen LogP contribution >= 0.6 is 11.8 Å². The summed E-state index contributed by atoms with van der Waals surface area (Å²) < 4.78 is 26.8. The molecule has 1 aromatic carbocycles. The summed E-state index contributed by atoms with van der Waals surface area (Å²) >= 11 is 0.980. The number of carbonyl (C=O) groups is 1. The van der Waals surface area contributed by atoms with Crippen LogP contribution in [0.15, 0.2) is 41.4 Å². The van der Waals surface area contributed by atoms with Gasteiger partial charge in [-0.2, -0.15) is 5.10 Å². The Labute approximate surface area is 118 Å². The maximum Gasteiger partial charge on any atom is 0.313 e. The largest absolute Gasteiger partial charge is 0.481 e. The normalized spacial score (nSPS) is 10.9. The highest BCUT2D eigenvalue weighted by Crippen LogP contribution is 2.25. The topological polar surface area (TPSA) is 55.1 Å². The highest BCUT2D eigenvalue weighted by atomic mass is 32.2. The van der Waals surface area contributed by atoms with Gasteiger partial charge >= 0.3 is 5.97 Å². The Bertz CT molecular complexity index is 587. The number of hydrogen-bond acceptors (Lipinski definition) is 3. The summed E-state index contributed by atoms with van der Waals surface area (Å²) in [5.74, 6) is -1.19. The summed E-state index contributed by atoms with van der Waals surface area (Å²) in [6.07, 6.45) is -2.67. The zero-order chi connectivity index (χ0) is 14.5. The lowest BCUT2D eigenvalue weighted by Gasteiger charge is -2.06. The van der Waals surface area contributed by atoms with E-state index in [0.29, 0.717) is 11.6 Å². The molecule has 0 aliphatic rings. The number of aliphatic carboxylic acids is 1. The fourth-order valence-electron chi connectivity index (χ4n) is 1.65. The lowest BCUT2D eigenvalue weighted by atomic mass is 10.2. The molecule has 0 spiro atoms. The number of halogens is 2. The van der Waals surface area contributed by atoms with Crippen LogP contribution in [0.4, 0.5) is 8.78 Å². The van der Waals surface area contributed by atoms with Crippen molar-refractivity contribution in [2.45, 2.75) is 18.0 Å². The number of alkyl halides is 2. The van der Waals surface area contributed by atoms with Gasteiger partial charge in [-0.1, -0.05) is 42.1 Å². The maximum atomic E-state index is 12.7. The van der Waals surface area contributed by atoms with Crippen LogP contribution in [0.3, 0.4) is 0 Å². The van der Waals surface area contributed by atoms with Gasteiger partial charge in [-0.05, 0) is 11.6 Å². The molecule has 1 N–H and O–H groups in total. The molecule has 106 valence electrons. The van der Waals surface area contributed by atoms with Crippen LogP contribution < -0.4 is 0 Å². The number of hydrogen-bond donors (Lipinski definition) is 1. The molecule has 20 heavy (non-hydrogen) atoms. The van der Waals surface area contributed by atoms with E-state index >= 15 is 0 Å². The summed E-state index contributed by atoms with van der Waals surface area (Å²) in [6.45, 7) is 0.329. The molecule has 2 aromatic rings. The molecule has 7 heteroatoms. The standard InChI is InChI=1S/C13H12F2N2O2S/c14-13(15)10-6-11(20-8-12(18)19)17(16-10)7-9-4-2-1-3-5-9/h1-6,13H,7-8H2,(H,18,19). The fraction of sp³-hybridized carbons (Fsp3) is 0.231. The number of carboxylic acids is 1. The Morgan fingerprint density at radius 3 is 2.65 bits per heavy atom.